The van der Waals surface area contributed by atoms with Gasteiger partial charge in [0.25, 0.3) is 0 Å². The number of guanidine groups is 1. The first kappa shape index (κ1) is 26.4. The predicted octanol–water partition coefficient (Wildman–Crippen LogP) is 3.55. The van der Waals surface area contributed by atoms with Gasteiger partial charge < -0.3 is 15.4 Å². The smallest absolute Gasteiger partial charge is 0.305 e. The number of rotatable bonds is 11. The molecule has 7 heteroatoms. The molecular weight excluding hydrogens is 455 g/mol. The highest BCUT2D eigenvalue weighted by atomic mass is 127. The van der Waals surface area contributed by atoms with Crippen LogP contribution in [0.2, 0.25) is 0 Å². The molecule has 1 saturated heterocycles. The fourth-order valence-electron chi connectivity index (χ4n) is 3.32. The van der Waals surface area contributed by atoms with Gasteiger partial charge in [-0.1, -0.05) is 19.3 Å². The van der Waals surface area contributed by atoms with Crippen LogP contribution in [0.3, 0.4) is 0 Å². The second-order valence-corrected chi connectivity index (χ2v) is 7.68. The number of piperidine rings is 1. The van der Waals surface area contributed by atoms with Crippen molar-refractivity contribution in [2.24, 2.45) is 4.99 Å². The minimum Gasteiger partial charge on any atom is -0.466 e. The predicted molar refractivity (Wildman–Crippen MR) is 124 cm³/mol. The number of aliphatic imine (C=N–C) groups is 1. The van der Waals surface area contributed by atoms with Crippen molar-refractivity contribution in [1.82, 2.24) is 15.5 Å². The maximum absolute atomic E-state index is 11.3. The first-order valence-electron chi connectivity index (χ1n) is 10.3. The number of unbranched alkanes of at least 4 members (excludes halogenated alkanes) is 3. The van der Waals surface area contributed by atoms with Gasteiger partial charge in [-0.2, -0.15) is 0 Å². The van der Waals surface area contributed by atoms with Crippen LogP contribution in [0.25, 0.3) is 0 Å². The standard InChI is InChI=1S/C20H40N4O2.HI/c1-5-26-18(25)13-9-6-7-10-14-22-19(21-4)23-17-20(2,3)24-15-11-8-12-16-24;/h5-17H2,1-4H3,(H2,21,22,23);1H. The molecule has 0 unspecified atom stereocenters. The molecular formula is C20H41IN4O2. The molecule has 1 heterocycles. The average Bonchev–Trinajstić information content (AvgIpc) is 2.64. The van der Waals surface area contributed by atoms with Crippen molar-refractivity contribution < 1.29 is 9.53 Å². The first-order valence-corrected chi connectivity index (χ1v) is 10.3. The van der Waals surface area contributed by atoms with Crippen molar-refractivity contribution in [3.05, 3.63) is 0 Å². The fourth-order valence-corrected chi connectivity index (χ4v) is 3.32. The minimum absolute atomic E-state index is 0. The van der Waals surface area contributed by atoms with Gasteiger partial charge in [0, 0.05) is 32.1 Å². The molecule has 0 atom stereocenters. The van der Waals surface area contributed by atoms with Crippen LogP contribution in [0.5, 0.6) is 0 Å². The summed E-state index contributed by atoms with van der Waals surface area (Å²) >= 11 is 0. The van der Waals surface area contributed by atoms with Gasteiger partial charge in [-0.05, 0) is 59.5 Å². The molecule has 0 spiro atoms. The Hall–Kier alpha value is -0.570. The van der Waals surface area contributed by atoms with Crippen LogP contribution in [0.1, 0.15) is 72.1 Å². The zero-order valence-electron chi connectivity index (χ0n) is 17.8. The number of carbonyl (C=O) groups excluding carboxylic acids is 1. The summed E-state index contributed by atoms with van der Waals surface area (Å²) in [7, 11) is 1.82. The van der Waals surface area contributed by atoms with E-state index in [1.165, 1.54) is 32.4 Å². The van der Waals surface area contributed by atoms with Gasteiger partial charge in [0.15, 0.2) is 5.96 Å². The quantitative estimate of drug-likeness (QED) is 0.151. The van der Waals surface area contributed by atoms with E-state index in [4.69, 9.17) is 4.74 Å². The number of nitrogens with zero attached hydrogens (tertiary/aromatic N) is 2. The van der Waals surface area contributed by atoms with E-state index < -0.39 is 0 Å². The number of hydrogen-bond acceptors (Lipinski definition) is 4. The Morgan fingerprint density at radius 2 is 1.74 bits per heavy atom. The molecule has 2 N–H and O–H groups in total. The molecule has 160 valence electrons. The van der Waals surface area contributed by atoms with Crippen LogP contribution >= 0.6 is 24.0 Å². The number of ether oxygens (including phenoxy) is 1. The van der Waals surface area contributed by atoms with Crippen LogP contribution in [-0.2, 0) is 9.53 Å². The maximum atomic E-state index is 11.3. The van der Waals surface area contributed by atoms with Crippen molar-refractivity contribution in [2.45, 2.75) is 77.7 Å². The lowest BCUT2D eigenvalue weighted by atomic mass is 9.98. The molecule has 0 radical (unpaired) electrons. The number of carbonyl (C=O) groups is 1. The Bertz CT molecular complexity index is 424. The molecule has 1 aliphatic rings. The van der Waals surface area contributed by atoms with Gasteiger partial charge >= 0.3 is 5.97 Å². The molecule has 1 rings (SSSR count). The second-order valence-electron chi connectivity index (χ2n) is 7.68. The number of likely N-dealkylation sites (tertiary alicyclic amines) is 1. The fraction of sp³-hybridized carbons (Fsp3) is 0.900. The third-order valence-corrected chi connectivity index (χ3v) is 5.03. The Kier molecular flexibility index (Phi) is 15.0. The summed E-state index contributed by atoms with van der Waals surface area (Å²) in [5, 5.41) is 6.87. The van der Waals surface area contributed by atoms with E-state index in [-0.39, 0.29) is 35.5 Å². The highest BCUT2D eigenvalue weighted by molar-refractivity contribution is 14.0. The molecule has 0 saturated carbocycles. The zero-order valence-corrected chi connectivity index (χ0v) is 20.1. The van der Waals surface area contributed by atoms with Crippen molar-refractivity contribution >= 4 is 35.9 Å². The highest BCUT2D eigenvalue weighted by Gasteiger charge is 2.27. The summed E-state index contributed by atoms with van der Waals surface area (Å²) in [6.45, 7) is 11.1. The SMILES string of the molecule is CCOC(=O)CCCCCCNC(=NC)NCC(C)(C)N1CCCCC1.I. The van der Waals surface area contributed by atoms with E-state index in [0.717, 1.165) is 44.7 Å². The molecule has 0 aromatic rings. The van der Waals surface area contributed by atoms with Gasteiger partial charge in [0.2, 0.25) is 0 Å². The number of halogens is 1. The Morgan fingerprint density at radius 1 is 1.07 bits per heavy atom. The molecule has 0 amide bonds. The van der Waals surface area contributed by atoms with Crippen LogP contribution < -0.4 is 10.6 Å². The largest absolute Gasteiger partial charge is 0.466 e. The summed E-state index contributed by atoms with van der Waals surface area (Å²) in [5.41, 5.74) is 0.144. The van der Waals surface area contributed by atoms with Crippen LogP contribution in [-0.4, -0.2) is 62.2 Å². The third-order valence-electron chi connectivity index (χ3n) is 5.03. The topological polar surface area (TPSA) is 66.0 Å². The molecule has 1 fully saturated rings. The van der Waals surface area contributed by atoms with E-state index >= 15 is 0 Å². The molecule has 0 aromatic heterocycles. The van der Waals surface area contributed by atoms with Gasteiger partial charge in [0.1, 0.15) is 0 Å². The van der Waals surface area contributed by atoms with Crippen molar-refractivity contribution in [3.8, 4) is 0 Å². The molecule has 27 heavy (non-hydrogen) atoms. The van der Waals surface area contributed by atoms with E-state index in [9.17, 15) is 4.79 Å². The summed E-state index contributed by atoms with van der Waals surface area (Å²) in [6, 6.07) is 0. The van der Waals surface area contributed by atoms with E-state index in [1.807, 2.05) is 14.0 Å². The van der Waals surface area contributed by atoms with Crippen LogP contribution in [0.15, 0.2) is 4.99 Å². The summed E-state index contributed by atoms with van der Waals surface area (Å²) < 4.78 is 4.93. The number of esters is 1. The number of hydrogen-bond donors (Lipinski definition) is 2. The molecule has 0 bridgehead atoms. The van der Waals surface area contributed by atoms with Crippen LogP contribution in [0, 0.1) is 0 Å². The van der Waals surface area contributed by atoms with Gasteiger partial charge in [-0.25, -0.2) is 0 Å². The van der Waals surface area contributed by atoms with Gasteiger partial charge in [-0.15, -0.1) is 24.0 Å². The monoisotopic (exact) mass is 496 g/mol. The average molecular weight is 496 g/mol. The molecule has 0 aliphatic carbocycles. The van der Waals surface area contributed by atoms with Crippen molar-refractivity contribution in [2.75, 3.05) is 39.8 Å². The molecule has 1 aliphatic heterocycles. The lowest BCUT2D eigenvalue weighted by molar-refractivity contribution is -0.143. The maximum Gasteiger partial charge on any atom is 0.305 e. The summed E-state index contributed by atoms with van der Waals surface area (Å²) in [5.74, 6) is 0.799. The first-order chi connectivity index (χ1) is 12.5. The summed E-state index contributed by atoms with van der Waals surface area (Å²) in [4.78, 5) is 18.2. The van der Waals surface area contributed by atoms with Crippen molar-refractivity contribution in [3.63, 3.8) is 0 Å². The van der Waals surface area contributed by atoms with E-state index in [1.54, 1.807) is 0 Å². The number of nitrogens with one attached hydrogen (secondary N) is 2. The summed E-state index contributed by atoms with van der Waals surface area (Å²) in [6.07, 6.45) is 8.70. The Balaban J connectivity index is 0.00000676. The normalized spacial score (nSPS) is 15.8. The lowest BCUT2D eigenvalue weighted by Crippen LogP contribution is -2.54. The minimum atomic E-state index is -0.0773. The Morgan fingerprint density at radius 3 is 2.37 bits per heavy atom. The van der Waals surface area contributed by atoms with E-state index in [0.29, 0.717) is 13.0 Å². The molecule has 0 aromatic carbocycles. The highest BCUT2D eigenvalue weighted by Crippen LogP contribution is 2.19. The third kappa shape index (κ3) is 11.8. The van der Waals surface area contributed by atoms with Crippen LogP contribution in [0.4, 0.5) is 0 Å². The second kappa shape index (κ2) is 15.4. The van der Waals surface area contributed by atoms with E-state index in [2.05, 4.69) is 34.4 Å². The zero-order chi connectivity index (χ0) is 19.3. The van der Waals surface area contributed by atoms with Crippen molar-refractivity contribution in [1.29, 1.82) is 0 Å². The van der Waals surface area contributed by atoms with Gasteiger partial charge in [0.05, 0.1) is 6.61 Å². The molecule has 6 nitrogen and oxygen atoms in total. The lowest BCUT2D eigenvalue weighted by Gasteiger charge is -2.41. The Labute approximate surface area is 183 Å². The van der Waals surface area contributed by atoms with Gasteiger partial charge in [-0.3, -0.25) is 14.7 Å².